The number of nitrogens with one attached hydrogen (secondary N) is 1. The third-order valence-corrected chi connectivity index (χ3v) is 3.50. The molecule has 1 N–H and O–H groups in total. The van der Waals surface area contributed by atoms with Crippen molar-refractivity contribution in [1.82, 2.24) is 9.97 Å². The number of methoxy groups -OCH3 is 1. The van der Waals surface area contributed by atoms with Gasteiger partial charge in [-0.2, -0.15) is 0 Å². The molecule has 18 heavy (non-hydrogen) atoms. The molecule has 1 aromatic rings. The van der Waals surface area contributed by atoms with Crippen LogP contribution in [0.3, 0.4) is 0 Å². The SMILES string of the molecule is CCNc1nc(C(OC)C2CC2)nc(CC)c1C. The van der Waals surface area contributed by atoms with Gasteiger partial charge >= 0.3 is 0 Å². The number of ether oxygens (including phenoxy) is 1. The van der Waals surface area contributed by atoms with E-state index in [0.717, 1.165) is 35.9 Å². The van der Waals surface area contributed by atoms with Gasteiger partial charge in [0, 0.05) is 24.9 Å². The summed E-state index contributed by atoms with van der Waals surface area (Å²) in [6.45, 7) is 7.18. The average molecular weight is 249 g/mol. The average Bonchev–Trinajstić information content (AvgIpc) is 3.18. The van der Waals surface area contributed by atoms with Crippen LogP contribution in [0.15, 0.2) is 0 Å². The van der Waals surface area contributed by atoms with Gasteiger partial charge in [0.2, 0.25) is 0 Å². The molecule has 100 valence electrons. The molecule has 4 heteroatoms. The summed E-state index contributed by atoms with van der Waals surface area (Å²) in [6.07, 6.45) is 3.45. The van der Waals surface area contributed by atoms with Crippen LogP contribution in [0.1, 0.15) is 49.9 Å². The Labute approximate surface area is 109 Å². The molecule has 1 aliphatic rings. The van der Waals surface area contributed by atoms with E-state index in [9.17, 15) is 0 Å². The summed E-state index contributed by atoms with van der Waals surface area (Å²) in [4.78, 5) is 9.35. The largest absolute Gasteiger partial charge is 0.373 e. The highest BCUT2D eigenvalue weighted by Crippen LogP contribution is 2.42. The second kappa shape index (κ2) is 5.65. The maximum atomic E-state index is 5.58. The lowest BCUT2D eigenvalue weighted by atomic mass is 10.1. The van der Waals surface area contributed by atoms with Gasteiger partial charge in [0.05, 0.1) is 0 Å². The molecule has 1 atom stereocenters. The van der Waals surface area contributed by atoms with Crippen LogP contribution in [0.4, 0.5) is 5.82 Å². The number of nitrogens with zero attached hydrogens (tertiary/aromatic N) is 2. The van der Waals surface area contributed by atoms with E-state index in [1.807, 2.05) is 0 Å². The Morgan fingerprint density at radius 2 is 2.06 bits per heavy atom. The zero-order valence-corrected chi connectivity index (χ0v) is 11.8. The fourth-order valence-corrected chi connectivity index (χ4v) is 2.30. The van der Waals surface area contributed by atoms with Gasteiger partial charge < -0.3 is 10.1 Å². The Hall–Kier alpha value is -1.16. The van der Waals surface area contributed by atoms with E-state index in [1.54, 1.807) is 7.11 Å². The van der Waals surface area contributed by atoms with Gasteiger partial charge in [-0.3, -0.25) is 0 Å². The lowest BCUT2D eigenvalue weighted by Gasteiger charge is -2.17. The number of hydrogen-bond acceptors (Lipinski definition) is 4. The van der Waals surface area contributed by atoms with Gasteiger partial charge in [0.1, 0.15) is 11.9 Å². The predicted octanol–water partition coefficient (Wildman–Crippen LogP) is 2.88. The second-order valence-corrected chi connectivity index (χ2v) is 4.88. The Balaban J connectivity index is 2.36. The van der Waals surface area contributed by atoms with Crippen molar-refractivity contribution >= 4 is 5.82 Å². The first-order chi connectivity index (χ1) is 8.71. The quantitative estimate of drug-likeness (QED) is 0.842. The molecule has 0 spiro atoms. The van der Waals surface area contributed by atoms with E-state index in [1.165, 1.54) is 12.8 Å². The van der Waals surface area contributed by atoms with E-state index in [0.29, 0.717) is 5.92 Å². The monoisotopic (exact) mass is 249 g/mol. The third-order valence-electron chi connectivity index (χ3n) is 3.50. The lowest BCUT2D eigenvalue weighted by Crippen LogP contribution is -2.14. The van der Waals surface area contributed by atoms with Crippen molar-refractivity contribution in [3.8, 4) is 0 Å². The smallest absolute Gasteiger partial charge is 0.160 e. The molecule has 1 heterocycles. The first kappa shape index (κ1) is 13.3. The maximum Gasteiger partial charge on any atom is 0.160 e. The summed E-state index contributed by atoms with van der Waals surface area (Å²) in [7, 11) is 1.75. The minimum absolute atomic E-state index is 0.0632. The third kappa shape index (κ3) is 2.64. The molecule has 1 saturated carbocycles. The van der Waals surface area contributed by atoms with Crippen LogP contribution >= 0.6 is 0 Å². The number of hydrogen-bond donors (Lipinski definition) is 1. The Kier molecular flexibility index (Phi) is 4.17. The highest BCUT2D eigenvalue weighted by molar-refractivity contribution is 5.46. The summed E-state index contributed by atoms with van der Waals surface area (Å²) in [5, 5.41) is 3.32. The van der Waals surface area contributed by atoms with Gasteiger partial charge in [-0.1, -0.05) is 6.92 Å². The molecular formula is C14H23N3O. The number of aryl methyl sites for hydroxylation is 1. The molecule has 1 unspecified atom stereocenters. The van der Waals surface area contributed by atoms with Crippen LogP contribution in [-0.4, -0.2) is 23.6 Å². The van der Waals surface area contributed by atoms with Gasteiger partial charge in [0.25, 0.3) is 0 Å². The standard InChI is InChI=1S/C14H23N3O/c1-5-11-9(3)13(15-6-2)17-14(16-11)12(18-4)10-7-8-10/h10,12H,5-8H2,1-4H3,(H,15,16,17). The Morgan fingerprint density at radius 1 is 1.33 bits per heavy atom. The topological polar surface area (TPSA) is 47.0 Å². The maximum absolute atomic E-state index is 5.58. The first-order valence-corrected chi connectivity index (χ1v) is 6.85. The van der Waals surface area contributed by atoms with Crippen molar-refractivity contribution in [3.05, 3.63) is 17.1 Å². The molecule has 1 aromatic heterocycles. The minimum atomic E-state index is 0.0632. The summed E-state index contributed by atoms with van der Waals surface area (Å²) in [6, 6.07) is 0. The van der Waals surface area contributed by atoms with Crippen LogP contribution in [-0.2, 0) is 11.2 Å². The molecule has 0 aromatic carbocycles. The molecule has 0 radical (unpaired) electrons. The van der Waals surface area contributed by atoms with E-state index >= 15 is 0 Å². The fraction of sp³-hybridized carbons (Fsp3) is 0.714. The van der Waals surface area contributed by atoms with E-state index in [-0.39, 0.29) is 6.10 Å². The lowest BCUT2D eigenvalue weighted by molar-refractivity contribution is 0.0771. The zero-order valence-electron chi connectivity index (χ0n) is 11.8. The molecule has 0 bridgehead atoms. The normalized spacial score (nSPS) is 16.7. The van der Waals surface area contributed by atoms with Crippen LogP contribution in [0, 0.1) is 12.8 Å². The molecule has 0 saturated heterocycles. The summed E-state index contributed by atoms with van der Waals surface area (Å²) in [5.74, 6) is 2.41. The summed E-state index contributed by atoms with van der Waals surface area (Å²) in [5.41, 5.74) is 2.28. The van der Waals surface area contributed by atoms with Gasteiger partial charge in [-0.05, 0) is 39.0 Å². The Bertz CT molecular complexity index is 416. The Morgan fingerprint density at radius 3 is 2.56 bits per heavy atom. The van der Waals surface area contributed by atoms with Gasteiger partial charge in [-0.15, -0.1) is 0 Å². The summed E-state index contributed by atoms with van der Waals surface area (Å²) < 4.78 is 5.58. The van der Waals surface area contributed by atoms with E-state index in [2.05, 4.69) is 36.1 Å². The summed E-state index contributed by atoms with van der Waals surface area (Å²) >= 11 is 0. The van der Waals surface area contributed by atoms with Crippen LogP contribution in [0.5, 0.6) is 0 Å². The highest BCUT2D eigenvalue weighted by Gasteiger charge is 2.34. The second-order valence-electron chi connectivity index (χ2n) is 4.88. The highest BCUT2D eigenvalue weighted by atomic mass is 16.5. The minimum Gasteiger partial charge on any atom is -0.373 e. The fourth-order valence-electron chi connectivity index (χ4n) is 2.30. The van der Waals surface area contributed by atoms with E-state index in [4.69, 9.17) is 4.74 Å². The van der Waals surface area contributed by atoms with Crippen molar-refractivity contribution in [3.63, 3.8) is 0 Å². The van der Waals surface area contributed by atoms with E-state index < -0.39 is 0 Å². The number of anilines is 1. The van der Waals surface area contributed by atoms with Crippen LogP contribution in [0.25, 0.3) is 0 Å². The predicted molar refractivity (Wildman–Crippen MR) is 72.8 cm³/mol. The molecule has 1 aliphatic carbocycles. The number of rotatable bonds is 6. The van der Waals surface area contributed by atoms with Gasteiger partial charge in [-0.25, -0.2) is 9.97 Å². The van der Waals surface area contributed by atoms with Crippen molar-refractivity contribution in [2.75, 3.05) is 19.0 Å². The van der Waals surface area contributed by atoms with Crippen LogP contribution < -0.4 is 5.32 Å². The van der Waals surface area contributed by atoms with Crippen molar-refractivity contribution < 1.29 is 4.74 Å². The van der Waals surface area contributed by atoms with Crippen molar-refractivity contribution in [2.45, 2.75) is 46.1 Å². The van der Waals surface area contributed by atoms with Crippen molar-refractivity contribution in [1.29, 1.82) is 0 Å². The molecular weight excluding hydrogens is 226 g/mol. The molecule has 2 rings (SSSR count). The molecule has 0 amide bonds. The van der Waals surface area contributed by atoms with Gasteiger partial charge in [0.15, 0.2) is 5.82 Å². The van der Waals surface area contributed by atoms with Crippen molar-refractivity contribution in [2.24, 2.45) is 5.92 Å². The first-order valence-electron chi connectivity index (χ1n) is 6.85. The molecule has 0 aliphatic heterocycles. The number of aromatic nitrogens is 2. The molecule has 4 nitrogen and oxygen atoms in total. The van der Waals surface area contributed by atoms with Crippen LogP contribution in [0.2, 0.25) is 0 Å². The zero-order chi connectivity index (χ0) is 13.1. The molecule has 1 fully saturated rings.